The van der Waals surface area contributed by atoms with Crippen molar-refractivity contribution in [2.75, 3.05) is 20.2 Å². The second-order valence-corrected chi connectivity index (χ2v) is 4.95. The Kier molecular flexibility index (Phi) is 3.51. The van der Waals surface area contributed by atoms with Crippen molar-refractivity contribution in [2.45, 2.75) is 18.4 Å². The summed E-state index contributed by atoms with van der Waals surface area (Å²) in [5.74, 6) is 0.173. The van der Waals surface area contributed by atoms with Crippen LogP contribution in [0.25, 0.3) is 0 Å². The molecule has 2 aromatic heterocycles. The molecule has 7 nitrogen and oxygen atoms in total. The molecule has 1 aliphatic rings. The smallest absolute Gasteiger partial charge is 0.228 e. The molecule has 0 spiro atoms. The van der Waals surface area contributed by atoms with Crippen LogP contribution < -0.4 is 0 Å². The topological polar surface area (TPSA) is 86.9 Å². The molecule has 0 saturated carbocycles. The fourth-order valence-electron chi connectivity index (χ4n) is 2.64. The third-order valence-corrected chi connectivity index (χ3v) is 3.74. The Balaban J connectivity index is 1.68. The van der Waals surface area contributed by atoms with Crippen LogP contribution in [0.4, 0.5) is 0 Å². The van der Waals surface area contributed by atoms with Gasteiger partial charge in [0.15, 0.2) is 0 Å². The Bertz CT molecular complexity index is 551. The van der Waals surface area contributed by atoms with Crippen molar-refractivity contribution >= 4 is 5.91 Å². The fraction of sp³-hybridized carbons (Fsp3) is 0.462. The first kappa shape index (κ1) is 12.9. The van der Waals surface area contributed by atoms with Gasteiger partial charge >= 0.3 is 0 Å². The van der Waals surface area contributed by atoms with Gasteiger partial charge in [0.05, 0.1) is 30.3 Å². The SMILES string of the molecule is CO[C@@H]1CN(C(=O)Cc2ccc[nH]2)C[C@H]1c1cn[nH]n1. The lowest BCUT2D eigenvalue weighted by Gasteiger charge is -2.15. The number of carbonyl (C=O) groups is 1. The summed E-state index contributed by atoms with van der Waals surface area (Å²) in [6.07, 6.45) is 3.86. The molecule has 7 heteroatoms. The number of nitrogens with one attached hydrogen (secondary N) is 2. The number of hydrogen-bond donors (Lipinski definition) is 2. The molecule has 0 aliphatic carbocycles. The molecule has 106 valence electrons. The van der Waals surface area contributed by atoms with Crippen LogP contribution in [-0.2, 0) is 16.0 Å². The molecule has 1 saturated heterocycles. The lowest BCUT2D eigenvalue weighted by Crippen LogP contribution is -2.31. The van der Waals surface area contributed by atoms with Crippen LogP contribution in [-0.4, -0.2) is 57.5 Å². The van der Waals surface area contributed by atoms with Crippen LogP contribution in [0.5, 0.6) is 0 Å². The zero-order valence-corrected chi connectivity index (χ0v) is 11.2. The summed E-state index contributed by atoms with van der Waals surface area (Å²) in [6, 6.07) is 3.81. The molecule has 2 N–H and O–H groups in total. The van der Waals surface area contributed by atoms with Crippen LogP contribution in [0.15, 0.2) is 24.5 Å². The molecule has 2 atom stereocenters. The lowest BCUT2D eigenvalue weighted by atomic mass is 10.0. The van der Waals surface area contributed by atoms with Crippen LogP contribution >= 0.6 is 0 Å². The van der Waals surface area contributed by atoms with Crippen molar-refractivity contribution in [3.8, 4) is 0 Å². The van der Waals surface area contributed by atoms with Crippen molar-refractivity contribution in [1.29, 1.82) is 0 Å². The van der Waals surface area contributed by atoms with Crippen LogP contribution in [0.2, 0.25) is 0 Å². The average Bonchev–Trinajstić information content (AvgIpc) is 3.19. The lowest BCUT2D eigenvalue weighted by molar-refractivity contribution is -0.129. The van der Waals surface area contributed by atoms with E-state index in [1.165, 1.54) is 0 Å². The maximum absolute atomic E-state index is 12.3. The number of ether oxygens (including phenoxy) is 1. The molecular weight excluding hydrogens is 258 g/mol. The van der Waals surface area contributed by atoms with E-state index in [0.717, 1.165) is 11.4 Å². The van der Waals surface area contributed by atoms with Gasteiger partial charge in [-0.3, -0.25) is 4.79 Å². The quantitative estimate of drug-likeness (QED) is 0.841. The Morgan fingerprint density at radius 2 is 2.45 bits per heavy atom. The zero-order chi connectivity index (χ0) is 13.9. The van der Waals surface area contributed by atoms with Crippen LogP contribution in [0, 0.1) is 0 Å². The van der Waals surface area contributed by atoms with Gasteiger partial charge < -0.3 is 14.6 Å². The summed E-state index contributed by atoms with van der Waals surface area (Å²) in [5.41, 5.74) is 1.76. The molecule has 2 aromatic rings. The van der Waals surface area contributed by atoms with Crippen molar-refractivity contribution in [2.24, 2.45) is 0 Å². The van der Waals surface area contributed by atoms with Crippen molar-refractivity contribution < 1.29 is 9.53 Å². The van der Waals surface area contributed by atoms with Gasteiger partial charge in [0.1, 0.15) is 0 Å². The van der Waals surface area contributed by atoms with Gasteiger partial charge in [0.25, 0.3) is 0 Å². The highest BCUT2D eigenvalue weighted by Crippen LogP contribution is 2.28. The predicted molar refractivity (Wildman–Crippen MR) is 71.0 cm³/mol. The van der Waals surface area contributed by atoms with E-state index < -0.39 is 0 Å². The zero-order valence-electron chi connectivity index (χ0n) is 11.2. The Labute approximate surface area is 116 Å². The number of methoxy groups -OCH3 is 1. The highest BCUT2D eigenvalue weighted by molar-refractivity contribution is 5.78. The first-order chi connectivity index (χ1) is 9.78. The van der Waals surface area contributed by atoms with Gasteiger partial charge in [-0.2, -0.15) is 15.4 Å². The average molecular weight is 275 g/mol. The Morgan fingerprint density at radius 3 is 3.10 bits per heavy atom. The standard InChI is InChI=1S/C13H17N5O2/c1-20-12-8-18(7-10(12)11-6-15-17-16-11)13(19)5-9-3-2-4-14-9/h2-4,6,10,12,14H,5,7-8H2,1H3,(H,15,16,17)/t10-,12+/m0/s1. The second kappa shape index (κ2) is 5.46. The molecular formula is C13H17N5O2. The first-order valence-corrected chi connectivity index (χ1v) is 6.56. The van der Waals surface area contributed by atoms with Gasteiger partial charge in [-0.25, -0.2) is 0 Å². The molecule has 0 aromatic carbocycles. The largest absolute Gasteiger partial charge is 0.379 e. The molecule has 3 rings (SSSR count). The summed E-state index contributed by atoms with van der Waals surface area (Å²) in [6.45, 7) is 1.21. The summed E-state index contributed by atoms with van der Waals surface area (Å²) in [7, 11) is 1.66. The normalized spacial score (nSPS) is 22.4. The molecule has 20 heavy (non-hydrogen) atoms. The maximum Gasteiger partial charge on any atom is 0.228 e. The Morgan fingerprint density at radius 1 is 1.55 bits per heavy atom. The van der Waals surface area contributed by atoms with Crippen LogP contribution in [0.1, 0.15) is 17.3 Å². The number of H-pyrrole nitrogens is 2. The first-order valence-electron chi connectivity index (χ1n) is 6.56. The van der Waals surface area contributed by atoms with Gasteiger partial charge in [-0.1, -0.05) is 0 Å². The number of amides is 1. The summed E-state index contributed by atoms with van der Waals surface area (Å²) in [4.78, 5) is 17.2. The number of hydrogen-bond acceptors (Lipinski definition) is 4. The molecule has 1 aliphatic heterocycles. The summed E-state index contributed by atoms with van der Waals surface area (Å²) in [5, 5.41) is 10.5. The minimum absolute atomic E-state index is 0.0345. The molecule has 3 heterocycles. The number of nitrogens with zero attached hydrogens (tertiary/aromatic N) is 3. The molecule has 1 fully saturated rings. The predicted octanol–water partition coefficient (Wildman–Crippen LogP) is 0.316. The third kappa shape index (κ3) is 2.44. The van der Waals surface area contributed by atoms with E-state index in [1.54, 1.807) is 13.3 Å². The number of carbonyl (C=O) groups excluding carboxylic acids is 1. The summed E-state index contributed by atoms with van der Waals surface area (Å²) >= 11 is 0. The number of aromatic amines is 2. The summed E-state index contributed by atoms with van der Waals surface area (Å²) < 4.78 is 5.48. The van der Waals surface area contributed by atoms with Crippen molar-refractivity contribution in [3.63, 3.8) is 0 Å². The highest BCUT2D eigenvalue weighted by Gasteiger charge is 2.37. The number of aromatic nitrogens is 4. The second-order valence-electron chi connectivity index (χ2n) is 4.95. The van der Waals surface area contributed by atoms with Crippen LogP contribution in [0.3, 0.4) is 0 Å². The van der Waals surface area contributed by atoms with E-state index in [2.05, 4.69) is 20.4 Å². The van der Waals surface area contributed by atoms with E-state index in [9.17, 15) is 4.79 Å². The van der Waals surface area contributed by atoms with E-state index in [-0.39, 0.29) is 17.9 Å². The highest BCUT2D eigenvalue weighted by atomic mass is 16.5. The fourth-order valence-corrected chi connectivity index (χ4v) is 2.64. The molecule has 0 bridgehead atoms. The van der Waals surface area contributed by atoms with Crippen molar-refractivity contribution in [3.05, 3.63) is 35.9 Å². The molecule has 0 radical (unpaired) electrons. The number of rotatable bonds is 4. The maximum atomic E-state index is 12.3. The van der Waals surface area contributed by atoms with Crippen molar-refractivity contribution in [1.82, 2.24) is 25.3 Å². The monoisotopic (exact) mass is 275 g/mol. The minimum atomic E-state index is -0.0345. The third-order valence-electron chi connectivity index (χ3n) is 3.74. The van der Waals surface area contributed by atoms with Gasteiger partial charge in [0.2, 0.25) is 5.91 Å². The molecule has 1 amide bonds. The molecule has 0 unspecified atom stereocenters. The van der Waals surface area contributed by atoms with E-state index >= 15 is 0 Å². The minimum Gasteiger partial charge on any atom is -0.379 e. The number of likely N-dealkylation sites (tertiary alicyclic amines) is 1. The van der Waals surface area contributed by atoms with E-state index in [1.807, 2.05) is 23.2 Å². The Hall–Kier alpha value is -2.15. The van der Waals surface area contributed by atoms with Gasteiger partial charge in [-0.15, -0.1) is 0 Å². The van der Waals surface area contributed by atoms with E-state index in [0.29, 0.717) is 19.5 Å². The van der Waals surface area contributed by atoms with Gasteiger partial charge in [-0.05, 0) is 12.1 Å². The van der Waals surface area contributed by atoms with E-state index in [4.69, 9.17) is 4.74 Å². The van der Waals surface area contributed by atoms with Gasteiger partial charge in [0, 0.05) is 32.1 Å².